The van der Waals surface area contributed by atoms with Gasteiger partial charge in [-0.15, -0.1) is 0 Å². The summed E-state index contributed by atoms with van der Waals surface area (Å²) in [4.78, 5) is 21.9. The molecule has 0 unspecified atom stereocenters. The van der Waals surface area contributed by atoms with Gasteiger partial charge in [-0.05, 0) is 68.0 Å². The fraction of sp³-hybridized carbons (Fsp3) is 0.280. The monoisotopic (exact) mass is 410 g/mol. The molecule has 0 amide bonds. The maximum absolute atomic E-state index is 14.4. The van der Waals surface area contributed by atoms with Gasteiger partial charge in [-0.3, -0.25) is 4.79 Å². The van der Waals surface area contributed by atoms with E-state index in [-0.39, 0.29) is 17.6 Å². The molecule has 0 atom stereocenters. The van der Waals surface area contributed by atoms with Gasteiger partial charge in [-0.25, -0.2) is 9.18 Å². The van der Waals surface area contributed by atoms with Gasteiger partial charge in [0.2, 0.25) is 0 Å². The highest BCUT2D eigenvalue weighted by atomic mass is 19.1. The predicted molar refractivity (Wildman–Crippen MR) is 117 cm³/mol. The van der Waals surface area contributed by atoms with Crippen molar-refractivity contribution in [2.24, 2.45) is 0 Å². The zero-order valence-corrected chi connectivity index (χ0v) is 17.2. The van der Waals surface area contributed by atoms with Crippen molar-refractivity contribution in [2.75, 3.05) is 13.2 Å². The minimum Gasteiger partial charge on any atom is -0.494 e. The third-order valence-electron chi connectivity index (χ3n) is 4.39. The summed E-state index contributed by atoms with van der Waals surface area (Å²) in [6.45, 7) is 5.81. The second-order valence-corrected chi connectivity index (χ2v) is 6.84. The van der Waals surface area contributed by atoms with Crippen molar-refractivity contribution in [1.29, 1.82) is 0 Å². The number of ketones is 1. The van der Waals surface area contributed by atoms with Gasteiger partial charge in [0, 0.05) is 11.6 Å². The number of carbonyl (C=O) groups excluding carboxylic acids is 2. The summed E-state index contributed by atoms with van der Waals surface area (Å²) in [6.07, 6.45) is 7.85. The van der Waals surface area contributed by atoms with Crippen molar-refractivity contribution in [1.82, 2.24) is 0 Å². The van der Waals surface area contributed by atoms with E-state index in [0.717, 1.165) is 43.1 Å². The minimum atomic E-state index is -0.387. The van der Waals surface area contributed by atoms with Gasteiger partial charge in [0.15, 0.2) is 5.78 Å². The summed E-state index contributed by atoms with van der Waals surface area (Å²) in [5, 5.41) is 0. The summed E-state index contributed by atoms with van der Waals surface area (Å²) in [5.74, 6) is -0.0697. The van der Waals surface area contributed by atoms with Crippen molar-refractivity contribution in [3.05, 3.63) is 72.6 Å². The van der Waals surface area contributed by atoms with E-state index in [1.54, 1.807) is 18.2 Å². The van der Waals surface area contributed by atoms with Crippen LogP contribution in [0.15, 0.2) is 61.2 Å². The van der Waals surface area contributed by atoms with E-state index in [4.69, 9.17) is 9.47 Å². The molecule has 0 aliphatic carbocycles. The third kappa shape index (κ3) is 8.03. The molecule has 0 fully saturated rings. The molecule has 0 aliphatic rings. The Labute approximate surface area is 177 Å². The zero-order valence-electron chi connectivity index (χ0n) is 17.2. The van der Waals surface area contributed by atoms with Gasteiger partial charge in [-0.1, -0.05) is 36.9 Å². The highest BCUT2D eigenvalue weighted by Crippen LogP contribution is 2.26. The quantitative estimate of drug-likeness (QED) is 0.253. The van der Waals surface area contributed by atoms with Crippen molar-refractivity contribution in [3.63, 3.8) is 0 Å². The molecule has 2 rings (SSSR count). The summed E-state index contributed by atoms with van der Waals surface area (Å²) in [7, 11) is 0. The van der Waals surface area contributed by atoms with Crippen molar-refractivity contribution >= 4 is 17.8 Å². The van der Waals surface area contributed by atoms with Crippen LogP contribution in [0.4, 0.5) is 4.39 Å². The number of esters is 1. The molecule has 158 valence electrons. The fourth-order valence-electron chi connectivity index (χ4n) is 2.79. The lowest BCUT2D eigenvalue weighted by molar-refractivity contribution is -0.137. The van der Waals surface area contributed by atoms with E-state index in [9.17, 15) is 14.0 Å². The van der Waals surface area contributed by atoms with Gasteiger partial charge in [-0.2, -0.15) is 0 Å². The highest BCUT2D eigenvalue weighted by Gasteiger charge is 2.06. The molecule has 4 nitrogen and oxygen atoms in total. The van der Waals surface area contributed by atoms with Gasteiger partial charge in [0.25, 0.3) is 0 Å². The van der Waals surface area contributed by atoms with E-state index in [1.807, 2.05) is 24.3 Å². The Morgan fingerprint density at radius 1 is 1.00 bits per heavy atom. The largest absolute Gasteiger partial charge is 0.494 e. The standard InChI is InChI=1S/C25H27FO4/c1-3-25(28)30-17-7-5-4-6-16-29-22-13-11-21(12-14-22)23-15-10-20(18-24(23)26)9-8-19(2)27/h3,8-15,18H,1,4-7,16-17H2,2H3/b9-8+. The van der Waals surface area contributed by atoms with Crippen LogP contribution in [0.2, 0.25) is 0 Å². The van der Waals surface area contributed by atoms with Crippen molar-refractivity contribution in [2.45, 2.75) is 32.6 Å². The summed E-state index contributed by atoms with van der Waals surface area (Å²) in [5.41, 5.74) is 1.90. The van der Waals surface area contributed by atoms with Crippen LogP contribution in [-0.4, -0.2) is 25.0 Å². The maximum atomic E-state index is 14.4. The second kappa shape index (κ2) is 12.4. The first-order valence-electron chi connectivity index (χ1n) is 10.00. The smallest absolute Gasteiger partial charge is 0.330 e. The molecule has 0 bridgehead atoms. The minimum absolute atomic E-state index is 0.0795. The van der Waals surface area contributed by atoms with Crippen LogP contribution in [0.1, 0.15) is 38.2 Å². The number of halogens is 1. The summed E-state index contributed by atoms with van der Waals surface area (Å²) in [6, 6.07) is 12.2. The number of unbranched alkanes of at least 4 members (excludes halogenated alkanes) is 3. The number of benzene rings is 2. The number of hydrogen-bond donors (Lipinski definition) is 0. The molecule has 30 heavy (non-hydrogen) atoms. The molecule has 2 aromatic carbocycles. The molecule has 0 aliphatic heterocycles. The lowest BCUT2D eigenvalue weighted by Crippen LogP contribution is -2.02. The Hall–Kier alpha value is -3.21. The second-order valence-electron chi connectivity index (χ2n) is 6.84. The Morgan fingerprint density at radius 2 is 1.70 bits per heavy atom. The molecule has 0 saturated heterocycles. The Kier molecular flexibility index (Phi) is 9.52. The number of ether oxygens (including phenoxy) is 2. The predicted octanol–water partition coefficient (Wildman–Crippen LogP) is 5.76. The number of hydrogen-bond acceptors (Lipinski definition) is 4. The van der Waals surface area contributed by atoms with Crippen LogP contribution in [-0.2, 0) is 14.3 Å². The molecule has 0 heterocycles. The summed E-state index contributed by atoms with van der Waals surface area (Å²) >= 11 is 0. The van der Waals surface area contributed by atoms with Crippen LogP contribution in [0.25, 0.3) is 17.2 Å². The first-order chi connectivity index (χ1) is 14.5. The van der Waals surface area contributed by atoms with Crippen molar-refractivity contribution < 1.29 is 23.5 Å². The molecular formula is C25H27FO4. The third-order valence-corrected chi connectivity index (χ3v) is 4.39. The first-order valence-corrected chi connectivity index (χ1v) is 10.00. The highest BCUT2D eigenvalue weighted by molar-refractivity contribution is 5.91. The van der Waals surface area contributed by atoms with E-state index >= 15 is 0 Å². The fourth-order valence-corrected chi connectivity index (χ4v) is 2.79. The molecular weight excluding hydrogens is 383 g/mol. The first kappa shape index (κ1) is 23.1. The van der Waals surface area contributed by atoms with E-state index in [0.29, 0.717) is 24.3 Å². The maximum Gasteiger partial charge on any atom is 0.330 e. The lowest BCUT2D eigenvalue weighted by Gasteiger charge is -2.09. The van der Waals surface area contributed by atoms with Crippen LogP contribution < -0.4 is 4.74 Å². The molecule has 0 aromatic heterocycles. The van der Waals surface area contributed by atoms with E-state index in [2.05, 4.69) is 6.58 Å². The van der Waals surface area contributed by atoms with Gasteiger partial charge >= 0.3 is 5.97 Å². The van der Waals surface area contributed by atoms with Gasteiger partial charge in [0.1, 0.15) is 11.6 Å². The van der Waals surface area contributed by atoms with Crippen LogP contribution in [0.3, 0.4) is 0 Å². The van der Waals surface area contributed by atoms with Gasteiger partial charge in [0.05, 0.1) is 13.2 Å². The normalized spacial score (nSPS) is 10.7. The Balaban J connectivity index is 1.76. The lowest BCUT2D eigenvalue weighted by atomic mass is 10.0. The molecule has 0 radical (unpaired) electrons. The number of allylic oxidation sites excluding steroid dienone is 1. The number of rotatable bonds is 12. The molecule has 0 N–H and O–H groups in total. The molecule has 5 heteroatoms. The molecule has 2 aromatic rings. The van der Waals surface area contributed by atoms with E-state index < -0.39 is 0 Å². The van der Waals surface area contributed by atoms with Crippen LogP contribution >= 0.6 is 0 Å². The SMILES string of the molecule is C=CC(=O)OCCCCCCOc1ccc(-c2ccc(/C=C/C(C)=O)cc2F)cc1. The Morgan fingerprint density at radius 3 is 2.33 bits per heavy atom. The average Bonchev–Trinajstić information content (AvgIpc) is 2.74. The zero-order chi connectivity index (χ0) is 21.8. The van der Waals surface area contributed by atoms with E-state index in [1.165, 1.54) is 19.1 Å². The average molecular weight is 410 g/mol. The van der Waals surface area contributed by atoms with Crippen LogP contribution in [0, 0.1) is 5.82 Å². The molecule has 0 spiro atoms. The summed E-state index contributed by atoms with van der Waals surface area (Å²) < 4.78 is 25.1. The van der Waals surface area contributed by atoms with Crippen molar-refractivity contribution in [3.8, 4) is 16.9 Å². The topological polar surface area (TPSA) is 52.6 Å². The van der Waals surface area contributed by atoms with Gasteiger partial charge < -0.3 is 9.47 Å². The molecule has 0 saturated carbocycles. The van der Waals surface area contributed by atoms with Crippen LogP contribution in [0.5, 0.6) is 5.75 Å². The Bertz CT molecular complexity index is 885. The number of carbonyl (C=O) groups is 2.